The smallest absolute Gasteiger partial charge is 0.237 e. The highest BCUT2D eigenvalue weighted by Crippen LogP contribution is 2.29. The van der Waals surface area contributed by atoms with Gasteiger partial charge in [-0.3, -0.25) is 9.59 Å². The lowest BCUT2D eigenvalue weighted by molar-refractivity contribution is -0.135. The van der Waals surface area contributed by atoms with Gasteiger partial charge in [0, 0.05) is 18.2 Å². The van der Waals surface area contributed by atoms with Gasteiger partial charge < -0.3 is 4.90 Å². The van der Waals surface area contributed by atoms with Gasteiger partial charge >= 0.3 is 0 Å². The molecule has 4 heteroatoms. The van der Waals surface area contributed by atoms with Crippen LogP contribution in [0.1, 0.15) is 32.3 Å². The molecule has 1 aromatic rings. The molecule has 1 aliphatic rings. The molecule has 0 aliphatic carbocycles. The number of aryl methyl sites for hydroxylation is 1. The van der Waals surface area contributed by atoms with E-state index < -0.39 is 5.92 Å². The lowest BCUT2D eigenvalue weighted by Crippen LogP contribution is -2.45. The number of ketones is 1. The third-order valence-electron chi connectivity index (χ3n) is 3.81. The Bertz CT molecular complexity index is 539. The summed E-state index contributed by atoms with van der Waals surface area (Å²) < 4.78 is 13.4. The van der Waals surface area contributed by atoms with E-state index in [4.69, 9.17) is 0 Å². The number of piperidine rings is 1. The fraction of sp³-hybridized carbons (Fsp3) is 0.500. The third kappa shape index (κ3) is 2.74. The molecular weight excluding hydrogens is 257 g/mol. The van der Waals surface area contributed by atoms with Gasteiger partial charge in [0.05, 0.1) is 5.92 Å². The Labute approximate surface area is 118 Å². The average Bonchev–Trinajstić information content (AvgIpc) is 2.41. The van der Waals surface area contributed by atoms with Crippen molar-refractivity contribution in [2.75, 3.05) is 11.4 Å². The second-order valence-electron chi connectivity index (χ2n) is 5.67. The molecular formula is C16H20FNO2. The molecule has 0 unspecified atom stereocenters. The number of Topliss-reactive ketones (excluding diaryl/α,β-unsaturated/α-hetero) is 1. The zero-order valence-electron chi connectivity index (χ0n) is 12.1. The maximum Gasteiger partial charge on any atom is 0.237 e. The molecule has 1 amide bonds. The molecule has 0 saturated carbocycles. The summed E-state index contributed by atoms with van der Waals surface area (Å²) in [7, 11) is 0. The molecule has 0 aromatic heterocycles. The summed E-state index contributed by atoms with van der Waals surface area (Å²) in [5.41, 5.74) is 1.42. The van der Waals surface area contributed by atoms with E-state index in [9.17, 15) is 14.0 Å². The van der Waals surface area contributed by atoms with Crippen LogP contribution >= 0.6 is 0 Å². The van der Waals surface area contributed by atoms with Gasteiger partial charge in [-0.1, -0.05) is 19.9 Å². The van der Waals surface area contributed by atoms with Crippen molar-refractivity contribution < 1.29 is 14.0 Å². The van der Waals surface area contributed by atoms with E-state index in [-0.39, 0.29) is 23.4 Å². The number of anilines is 1. The maximum atomic E-state index is 13.4. The van der Waals surface area contributed by atoms with E-state index in [0.29, 0.717) is 18.7 Å². The number of halogens is 1. The first-order valence-electron chi connectivity index (χ1n) is 7.03. The summed E-state index contributed by atoms with van der Waals surface area (Å²) in [5.74, 6) is -1.31. The molecule has 1 aliphatic heterocycles. The predicted molar refractivity (Wildman–Crippen MR) is 76.1 cm³/mol. The molecule has 0 N–H and O–H groups in total. The maximum absolute atomic E-state index is 13.4. The third-order valence-corrected chi connectivity index (χ3v) is 3.81. The summed E-state index contributed by atoms with van der Waals surface area (Å²) >= 11 is 0. The molecule has 1 saturated heterocycles. The van der Waals surface area contributed by atoms with Crippen molar-refractivity contribution in [3.05, 3.63) is 29.6 Å². The lowest BCUT2D eigenvalue weighted by Gasteiger charge is -2.33. The zero-order valence-corrected chi connectivity index (χ0v) is 12.1. The van der Waals surface area contributed by atoms with Crippen LogP contribution in [0.15, 0.2) is 18.2 Å². The van der Waals surface area contributed by atoms with Crippen LogP contribution in [0, 0.1) is 24.6 Å². The fourth-order valence-corrected chi connectivity index (χ4v) is 2.65. The van der Waals surface area contributed by atoms with E-state index in [2.05, 4.69) is 0 Å². The van der Waals surface area contributed by atoms with Crippen molar-refractivity contribution in [1.29, 1.82) is 0 Å². The standard InChI is InChI=1S/C16H20FNO2/c1-10(2)15(19)13-5-4-8-18(16(13)20)14-9-12(17)7-6-11(14)3/h6-7,9-10,13H,4-5,8H2,1-3H3/t13-/m0/s1. The van der Waals surface area contributed by atoms with Gasteiger partial charge in [-0.15, -0.1) is 0 Å². The summed E-state index contributed by atoms with van der Waals surface area (Å²) in [4.78, 5) is 26.2. The van der Waals surface area contributed by atoms with Crippen molar-refractivity contribution in [2.45, 2.75) is 33.6 Å². The Balaban J connectivity index is 2.31. The molecule has 0 radical (unpaired) electrons. The van der Waals surface area contributed by atoms with Crippen LogP contribution in [0.25, 0.3) is 0 Å². The SMILES string of the molecule is Cc1ccc(F)cc1N1CCC[C@@H](C(=O)C(C)C)C1=O. The lowest BCUT2D eigenvalue weighted by atomic mass is 9.87. The fourth-order valence-electron chi connectivity index (χ4n) is 2.65. The summed E-state index contributed by atoms with van der Waals surface area (Å²) in [6, 6.07) is 4.41. The second-order valence-corrected chi connectivity index (χ2v) is 5.67. The van der Waals surface area contributed by atoms with Gasteiger partial charge in [0.2, 0.25) is 5.91 Å². The molecule has 1 fully saturated rings. The van der Waals surface area contributed by atoms with Gasteiger partial charge in [-0.05, 0) is 37.5 Å². The van der Waals surface area contributed by atoms with Crippen molar-refractivity contribution in [2.24, 2.45) is 11.8 Å². The molecule has 0 bridgehead atoms. The van der Waals surface area contributed by atoms with Crippen LogP contribution in [0.4, 0.5) is 10.1 Å². The van der Waals surface area contributed by atoms with E-state index in [0.717, 1.165) is 12.0 Å². The zero-order chi connectivity index (χ0) is 14.9. The van der Waals surface area contributed by atoms with Crippen LogP contribution in [0.5, 0.6) is 0 Å². The number of nitrogens with zero attached hydrogens (tertiary/aromatic N) is 1. The number of hydrogen-bond donors (Lipinski definition) is 0. The Morgan fingerprint density at radius 2 is 2.10 bits per heavy atom. The van der Waals surface area contributed by atoms with Crippen molar-refractivity contribution in [3.8, 4) is 0 Å². The first kappa shape index (κ1) is 14.7. The highest BCUT2D eigenvalue weighted by atomic mass is 19.1. The van der Waals surface area contributed by atoms with E-state index >= 15 is 0 Å². The minimum atomic E-state index is -0.577. The molecule has 1 aromatic carbocycles. The first-order chi connectivity index (χ1) is 9.41. The van der Waals surface area contributed by atoms with Crippen LogP contribution in [-0.4, -0.2) is 18.2 Å². The number of benzene rings is 1. The summed E-state index contributed by atoms with van der Waals surface area (Å²) in [5, 5.41) is 0. The Hall–Kier alpha value is -1.71. The van der Waals surface area contributed by atoms with Crippen molar-refractivity contribution in [3.63, 3.8) is 0 Å². The van der Waals surface area contributed by atoms with Crippen LogP contribution in [-0.2, 0) is 9.59 Å². The number of carbonyl (C=O) groups excluding carboxylic acids is 2. The van der Waals surface area contributed by atoms with Crippen molar-refractivity contribution in [1.82, 2.24) is 0 Å². The number of hydrogen-bond acceptors (Lipinski definition) is 2. The van der Waals surface area contributed by atoms with Gasteiger partial charge in [-0.25, -0.2) is 4.39 Å². The molecule has 1 atom stereocenters. The minimum Gasteiger partial charge on any atom is -0.311 e. The normalized spacial score (nSPS) is 19.6. The number of amides is 1. The number of carbonyl (C=O) groups is 2. The largest absolute Gasteiger partial charge is 0.311 e. The molecule has 108 valence electrons. The second kappa shape index (κ2) is 5.73. The van der Waals surface area contributed by atoms with Crippen LogP contribution < -0.4 is 4.90 Å². The Kier molecular flexibility index (Phi) is 4.21. The minimum absolute atomic E-state index is 0.0197. The molecule has 20 heavy (non-hydrogen) atoms. The van der Waals surface area contributed by atoms with Crippen LogP contribution in [0.3, 0.4) is 0 Å². The summed E-state index contributed by atoms with van der Waals surface area (Å²) in [6.07, 6.45) is 1.37. The molecule has 1 heterocycles. The Morgan fingerprint density at radius 1 is 1.40 bits per heavy atom. The average molecular weight is 277 g/mol. The van der Waals surface area contributed by atoms with Crippen molar-refractivity contribution >= 4 is 17.4 Å². The highest BCUT2D eigenvalue weighted by molar-refractivity contribution is 6.09. The monoisotopic (exact) mass is 277 g/mol. The number of rotatable bonds is 3. The predicted octanol–water partition coefficient (Wildman–Crippen LogP) is 3.10. The van der Waals surface area contributed by atoms with Gasteiger partial charge in [0.1, 0.15) is 11.6 Å². The molecule has 3 nitrogen and oxygen atoms in total. The van der Waals surface area contributed by atoms with E-state index in [1.807, 2.05) is 20.8 Å². The highest BCUT2D eigenvalue weighted by Gasteiger charge is 2.36. The quantitative estimate of drug-likeness (QED) is 0.796. The van der Waals surface area contributed by atoms with E-state index in [1.165, 1.54) is 12.1 Å². The Morgan fingerprint density at radius 3 is 2.75 bits per heavy atom. The summed E-state index contributed by atoms with van der Waals surface area (Å²) in [6.45, 7) is 6.00. The first-order valence-corrected chi connectivity index (χ1v) is 7.03. The van der Waals surface area contributed by atoms with Gasteiger partial charge in [0.15, 0.2) is 0 Å². The van der Waals surface area contributed by atoms with E-state index in [1.54, 1.807) is 11.0 Å². The van der Waals surface area contributed by atoms with Gasteiger partial charge in [-0.2, -0.15) is 0 Å². The molecule has 2 rings (SSSR count). The van der Waals surface area contributed by atoms with Crippen LogP contribution in [0.2, 0.25) is 0 Å². The topological polar surface area (TPSA) is 37.4 Å². The van der Waals surface area contributed by atoms with Gasteiger partial charge in [0.25, 0.3) is 0 Å². The molecule has 0 spiro atoms.